The van der Waals surface area contributed by atoms with Gasteiger partial charge in [0.15, 0.2) is 5.11 Å². The number of hydrogen-bond donors (Lipinski definition) is 1. The highest BCUT2D eigenvalue weighted by Crippen LogP contribution is 2.34. The molecule has 1 aliphatic rings. The van der Waals surface area contributed by atoms with Crippen molar-refractivity contribution in [3.05, 3.63) is 88.2 Å². The number of carbonyl (C=O) groups excluding carboxylic acids is 2. The molecule has 3 aromatic rings. The number of rotatable bonds is 3. The van der Waals surface area contributed by atoms with Crippen molar-refractivity contribution >= 4 is 64.1 Å². The molecule has 0 spiro atoms. The predicted molar refractivity (Wildman–Crippen MR) is 118 cm³/mol. The molecule has 2 heterocycles. The smallest absolute Gasteiger partial charge is 0.270 e. The maximum Gasteiger partial charge on any atom is 0.270 e. The van der Waals surface area contributed by atoms with E-state index >= 15 is 0 Å². The first kappa shape index (κ1) is 19.4. The molecule has 0 unspecified atom stereocenters. The fraction of sp³-hybridized carbons (Fsp3) is 0. The SMILES string of the molecule is O=C1NC(=S)N(c2cccc(Cl)c2Cl)C(=O)/C1=C/c1cccn1-c1ccccc1. The molecule has 1 N–H and O–H groups in total. The van der Waals surface area contributed by atoms with Gasteiger partial charge in [0.05, 0.1) is 15.7 Å². The minimum Gasteiger partial charge on any atom is -0.317 e. The van der Waals surface area contributed by atoms with Gasteiger partial charge in [-0.25, -0.2) is 0 Å². The quantitative estimate of drug-likeness (QED) is 0.366. The summed E-state index contributed by atoms with van der Waals surface area (Å²) in [6.45, 7) is 0. The molecule has 8 heteroatoms. The van der Waals surface area contributed by atoms with E-state index in [2.05, 4.69) is 5.32 Å². The Kier molecular flexibility index (Phi) is 5.24. The zero-order valence-electron chi connectivity index (χ0n) is 14.8. The van der Waals surface area contributed by atoms with Crippen LogP contribution in [0.1, 0.15) is 5.69 Å². The molecule has 0 atom stereocenters. The standard InChI is InChI=1S/C21H13Cl2N3O2S/c22-16-9-4-10-17(18(16)23)26-20(28)15(19(27)24-21(26)29)12-14-8-5-11-25(14)13-6-2-1-3-7-13/h1-12H,(H,24,27,29)/b15-12+. The van der Waals surface area contributed by atoms with Crippen LogP contribution in [0.3, 0.4) is 0 Å². The normalized spacial score (nSPS) is 15.7. The van der Waals surface area contributed by atoms with Gasteiger partial charge < -0.3 is 4.57 Å². The highest BCUT2D eigenvalue weighted by Gasteiger charge is 2.35. The third-order valence-electron chi connectivity index (χ3n) is 4.38. The van der Waals surface area contributed by atoms with Crippen LogP contribution in [0.5, 0.6) is 0 Å². The summed E-state index contributed by atoms with van der Waals surface area (Å²) in [5.74, 6) is -1.15. The van der Waals surface area contributed by atoms with Crippen LogP contribution in [0, 0.1) is 0 Å². The summed E-state index contributed by atoms with van der Waals surface area (Å²) >= 11 is 17.6. The Morgan fingerprint density at radius 1 is 0.931 bits per heavy atom. The molecule has 1 fully saturated rings. The molecule has 144 valence electrons. The Labute approximate surface area is 182 Å². The molecule has 0 saturated carbocycles. The van der Waals surface area contributed by atoms with E-state index in [4.69, 9.17) is 35.4 Å². The molecule has 0 bridgehead atoms. The molecule has 4 rings (SSSR count). The number of halogens is 2. The third kappa shape index (κ3) is 3.58. The molecule has 1 saturated heterocycles. The van der Waals surface area contributed by atoms with Gasteiger partial charge >= 0.3 is 0 Å². The van der Waals surface area contributed by atoms with Gasteiger partial charge in [-0.3, -0.25) is 19.8 Å². The van der Waals surface area contributed by atoms with Crippen molar-refractivity contribution in [3.8, 4) is 5.69 Å². The Balaban J connectivity index is 1.78. The van der Waals surface area contributed by atoms with Crippen molar-refractivity contribution in [2.24, 2.45) is 0 Å². The second-order valence-corrected chi connectivity index (χ2v) is 7.34. The van der Waals surface area contributed by atoms with Gasteiger partial charge in [-0.05, 0) is 54.7 Å². The fourth-order valence-electron chi connectivity index (χ4n) is 3.02. The minimum absolute atomic E-state index is 0.0558. The Morgan fingerprint density at radius 3 is 2.45 bits per heavy atom. The van der Waals surface area contributed by atoms with E-state index in [1.165, 1.54) is 11.0 Å². The van der Waals surface area contributed by atoms with Crippen molar-refractivity contribution in [1.29, 1.82) is 0 Å². The van der Waals surface area contributed by atoms with Gasteiger partial charge in [-0.15, -0.1) is 0 Å². The maximum atomic E-state index is 13.2. The summed E-state index contributed by atoms with van der Waals surface area (Å²) in [6.07, 6.45) is 3.38. The van der Waals surface area contributed by atoms with Gasteiger partial charge in [0.2, 0.25) is 0 Å². The van der Waals surface area contributed by atoms with Crippen molar-refractivity contribution in [2.75, 3.05) is 4.90 Å². The second kappa shape index (κ2) is 7.83. The first-order chi connectivity index (χ1) is 14.0. The van der Waals surface area contributed by atoms with E-state index in [0.717, 1.165) is 5.69 Å². The number of benzene rings is 2. The number of para-hydroxylation sites is 1. The first-order valence-corrected chi connectivity index (χ1v) is 9.72. The topological polar surface area (TPSA) is 54.3 Å². The number of carbonyl (C=O) groups is 2. The summed E-state index contributed by atoms with van der Waals surface area (Å²) in [7, 11) is 0. The molecule has 5 nitrogen and oxygen atoms in total. The van der Waals surface area contributed by atoms with E-state index in [9.17, 15) is 9.59 Å². The van der Waals surface area contributed by atoms with Crippen LogP contribution in [-0.4, -0.2) is 21.5 Å². The number of anilines is 1. The molecular formula is C21H13Cl2N3O2S. The van der Waals surface area contributed by atoms with Crippen molar-refractivity contribution in [1.82, 2.24) is 9.88 Å². The van der Waals surface area contributed by atoms with Gasteiger partial charge in [-0.1, -0.05) is 47.5 Å². The Morgan fingerprint density at radius 2 is 1.69 bits per heavy atom. The molecule has 29 heavy (non-hydrogen) atoms. The number of hydrogen-bond acceptors (Lipinski definition) is 3. The lowest BCUT2D eigenvalue weighted by molar-refractivity contribution is -0.122. The summed E-state index contributed by atoms with van der Waals surface area (Å²) in [5, 5.41) is 2.94. The average molecular weight is 442 g/mol. The number of aromatic nitrogens is 1. The van der Waals surface area contributed by atoms with Gasteiger partial charge in [-0.2, -0.15) is 0 Å². The van der Waals surface area contributed by atoms with Crippen LogP contribution in [-0.2, 0) is 9.59 Å². The van der Waals surface area contributed by atoms with E-state index in [1.54, 1.807) is 18.2 Å². The van der Waals surface area contributed by atoms with Crippen LogP contribution < -0.4 is 10.2 Å². The monoisotopic (exact) mass is 441 g/mol. The lowest BCUT2D eigenvalue weighted by Crippen LogP contribution is -2.54. The molecule has 1 aromatic heterocycles. The lowest BCUT2D eigenvalue weighted by atomic mass is 10.1. The van der Waals surface area contributed by atoms with Crippen molar-refractivity contribution < 1.29 is 9.59 Å². The fourth-order valence-corrected chi connectivity index (χ4v) is 3.68. The van der Waals surface area contributed by atoms with Gasteiger partial charge in [0.1, 0.15) is 5.57 Å². The number of nitrogens with one attached hydrogen (secondary N) is 1. The summed E-state index contributed by atoms with van der Waals surface area (Å²) in [5.41, 5.74) is 1.81. The number of amides is 2. The average Bonchev–Trinajstić information content (AvgIpc) is 3.17. The van der Waals surface area contributed by atoms with Crippen LogP contribution in [0.2, 0.25) is 10.0 Å². The highest BCUT2D eigenvalue weighted by molar-refractivity contribution is 7.80. The molecule has 2 aromatic carbocycles. The summed E-state index contributed by atoms with van der Waals surface area (Å²) in [4.78, 5) is 26.9. The van der Waals surface area contributed by atoms with Gasteiger partial charge in [0.25, 0.3) is 11.8 Å². The van der Waals surface area contributed by atoms with Crippen LogP contribution >= 0.6 is 35.4 Å². The van der Waals surface area contributed by atoms with Gasteiger partial charge in [0, 0.05) is 17.6 Å². The van der Waals surface area contributed by atoms with E-state index in [0.29, 0.717) is 11.4 Å². The van der Waals surface area contributed by atoms with Crippen LogP contribution in [0.15, 0.2) is 72.4 Å². The zero-order valence-corrected chi connectivity index (χ0v) is 17.1. The third-order valence-corrected chi connectivity index (χ3v) is 5.47. The number of nitrogens with zero attached hydrogens (tertiary/aromatic N) is 2. The van der Waals surface area contributed by atoms with Crippen molar-refractivity contribution in [2.45, 2.75) is 0 Å². The largest absolute Gasteiger partial charge is 0.317 e. The lowest BCUT2D eigenvalue weighted by Gasteiger charge is -2.29. The summed E-state index contributed by atoms with van der Waals surface area (Å²) < 4.78 is 1.87. The van der Waals surface area contributed by atoms with Crippen LogP contribution in [0.25, 0.3) is 11.8 Å². The van der Waals surface area contributed by atoms with E-state index < -0.39 is 11.8 Å². The molecule has 0 radical (unpaired) electrons. The Hall–Kier alpha value is -2.93. The van der Waals surface area contributed by atoms with E-state index in [-0.39, 0.29) is 20.7 Å². The molecule has 0 aliphatic carbocycles. The second-order valence-electron chi connectivity index (χ2n) is 6.17. The first-order valence-electron chi connectivity index (χ1n) is 8.55. The predicted octanol–water partition coefficient (Wildman–Crippen LogP) is 4.62. The van der Waals surface area contributed by atoms with Crippen LogP contribution in [0.4, 0.5) is 5.69 Å². The summed E-state index contributed by atoms with van der Waals surface area (Å²) in [6, 6.07) is 18.1. The van der Waals surface area contributed by atoms with Crippen molar-refractivity contribution in [3.63, 3.8) is 0 Å². The Bertz CT molecular complexity index is 1170. The minimum atomic E-state index is -0.580. The highest BCUT2D eigenvalue weighted by atomic mass is 35.5. The zero-order chi connectivity index (χ0) is 20.5. The number of thiocarbonyl (C=S) groups is 1. The maximum absolute atomic E-state index is 13.2. The van der Waals surface area contributed by atoms with E-state index in [1.807, 2.05) is 53.2 Å². The molecule has 1 aliphatic heterocycles. The molecular weight excluding hydrogens is 429 g/mol. The molecule has 2 amide bonds.